The summed E-state index contributed by atoms with van der Waals surface area (Å²) >= 11 is 2.07. The molecule has 2 aromatic rings. The summed E-state index contributed by atoms with van der Waals surface area (Å²) in [6.45, 7) is 0. The quantitative estimate of drug-likeness (QED) is 0.757. The molecule has 0 saturated carbocycles. The minimum Gasteiger partial charge on any atom is -0.497 e. The maximum absolute atomic E-state index is 12.5. The number of ether oxygens (including phenoxy) is 2. The highest BCUT2D eigenvalue weighted by Crippen LogP contribution is 2.30. The standard InChI is InChI=1S/C14H14INO4S/c1-19-10-7-8-14(13(9-10)20-2)21(17,18)16-12-6-4-3-5-11(12)15/h3-9,16H,1-2H3. The molecule has 2 rings (SSSR count). The summed E-state index contributed by atoms with van der Waals surface area (Å²) in [6.07, 6.45) is 0. The van der Waals surface area contributed by atoms with Gasteiger partial charge in [0.15, 0.2) is 0 Å². The van der Waals surface area contributed by atoms with Crippen molar-refractivity contribution in [2.45, 2.75) is 4.90 Å². The van der Waals surface area contributed by atoms with Crippen LogP contribution in [0, 0.1) is 3.57 Å². The fourth-order valence-electron chi connectivity index (χ4n) is 1.74. The van der Waals surface area contributed by atoms with Gasteiger partial charge >= 0.3 is 0 Å². The molecule has 112 valence electrons. The number of hydrogen-bond acceptors (Lipinski definition) is 4. The number of halogens is 1. The van der Waals surface area contributed by atoms with Crippen LogP contribution in [-0.2, 0) is 10.0 Å². The van der Waals surface area contributed by atoms with Crippen LogP contribution in [0.3, 0.4) is 0 Å². The molecule has 0 aliphatic carbocycles. The van der Waals surface area contributed by atoms with E-state index in [0.29, 0.717) is 11.4 Å². The van der Waals surface area contributed by atoms with Gasteiger partial charge in [-0.1, -0.05) is 12.1 Å². The molecule has 1 N–H and O–H groups in total. The Bertz CT molecular complexity index is 746. The Labute approximate surface area is 137 Å². The van der Waals surface area contributed by atoms with Gasteiger partial charge in [0.1, 0.15) is 16.4 Å². The third-order valence-corrected chi connectivity index (χ3v) is 5.12. The van der Waals surface area contributed by atoms with Gasteiger partial charge < -0.3 is 9.47 Å². The van der Waals surface area contributed by atoms with E-state index in [1.165, 1.54) is 26.4 Å². The van der Waals surface area contributed by atoms with Crippen molar-refractivity contribution in [1.82, 2.24) is 0 Å². The van der Waals surface area contributed by atoms with E-state index in [1.54, 1.807) is 18.2 Å². The number of para-hydroxylation sites is 1. The van der Waals surface area contributed by atoms with Gasteiger partial charge in [-0.2, -0.15) is 0 Å². The van der Waals surface area contributed by atoms with Crippen molar-refractivity contribution >= 4 is 38.3 Å². The van der Waals surface area contributed by atoms with E-state index in [2.05, 4.69) is 27.3 Å². The van der Waals surface area contributed by atoms with Crippen molar-refractivity contribution in [2.24, 2.45) is 0 Å². The van der Waals surface area contributed by atoms with Gasteiger partial charge in [0.05, 0.1) is 19.9 Å². The molecule has 0 heterocycles. The van der Waals surface area contributed by atoms with Gasteiger partial charge in [0.25, 0.3) is 10.0 Å². The largest absolute Gasteiger partial charge is 0.497 e. The molecule has 0 amide bonds. The van der Waals surface area contributed by atoms with E-state index in [4.69, 9.17) is 9.47 Å². The molecule has 21 heavy (non-hydrogen) atoms. The van der Waals surface area contributed by atoms with E-state index < -0.39 is 10.0 Å². The van der Waals surface area contributed by atoms with Crippen molar-refractivity contribution in [3.63, 3.8) is 0 Å². The third kappa shape index (κ3) is 3.59. The molecule has 7 heteroatoms. The van der Waals surface area contributed by atoms with Crippen molar-refractivity contribution < 1.29 is 17.9 Å². The second kappa shape index (κ2) is 6.52. The minimum atomic E-state index is -3.74. The van der Waals surface area contributed by atoms with Gasteiger partial charge in [-0.25, -0.2) is 8.42 Å². The number of hydrogen-bond donors (Lipinski definition) is 1. The van der Waals surface area contributed by atoms with Crippen molar-refractivity contribution in [3.05, 3.63) is 46.0 Å². The van der Waals surface area contributed by atoms with Crippen molar-refractivity contribution in [1.29, 1.82) is 0 Å². The number of sulfonamides is 1. The molecule has 0 aliphatic heterocycles. The highest BCUT2D eigenvalue weighted by molar-refractivity contribution is 14.1. The second-order valence-electron chi connectivity index (χ2n) is 4.10. The minimum absolute atomic E-state index is 0.0606. The van der Waals surface area contributed by atoms with E-state index >= 15 is 0 Å². The van der Waals surface area contributed by atoms with Crippen LogP contribution in [0.4, 0.5) is 5.69 Å². The number of nitrogens with one attached hydrogen (secondary N) is 1. The van der Waals surface area contributed by atoms with Crippen LogP contribution >= 0.6 is 22.6 Å². The van der Waals surface area contributed by atoms with Crippen molar-refractivity contribution in [2.75, 3.05) is 18.9 Å². The number of methoxy groups -OCH3 is 2. The molecule has 0 aromatic heterocycles. The zero-order valence-electron chi connectivity index (χ0n) is 11.5. The van der Waals surface area contributed by atoms with E-state index in [-0.39, 0.29) is 10.6 Å². The first-order valence-corrected chi connectivity index (χ1v) is 8.53. The van der Waals surface area contributed by atoms with Gasteiger partial charge in [-0.3, -0.25) is 4.72 Å². The summed E-state index contributed by atoms with van der Waals surface area (Å²) in [5.41, 5.74) is 0.524. The topological polar surface area (TPSA) is 64.6 Å². The van der Waals surface area contributed by atoms with E-state index in [9.17, 15) is 8.42 Å². The van der Waals surface area contributed by atoms with Gasteiger partial charge in [-0.05, 0) is 46.9 Å². The lowest BCUT2D eigenvalue weighted by Gasteiger charge is -2.13. The maximum atomic E-state index is 12.5. The van der Waals surface area contributed by atoms with Gasteiger partial charge in [-0.15, -0.1) is 0 Å². The van der Waals surface area contributed by atoms with Gasteiger partial charge in [0, 0.05) is 9.64 Å². The van der Waals surface area contributed by atoms with E-state index in [0.717, 1.165) is 3.57 Å². The highest BCUT2D eigenvalue weighted by Gasteiger charge is 2.21. The van der Waals surface area contributed by atoms with Crippen LogP contribution in [-0.4, -0.2) is 22.6 Å². The molecule has 0 aliphatic rings. The molecular formula is C14H14INO4S. The molecular weight excluding hydrogens is 405 g/mol. The van der Waals surface area contributed by atoms with Gasteiger partial charge in [0.2, 0.25) is 0 Å². The average molecular weight is 419 g/mol. The molecule has 0 atom stereocenters. The Morgan fingerprint density at radius 1 is 1.05 bits per heavy atom. The second-order valence-corrected chi connectivity index (χ2v) is 6.92. The first kappa shape index (κ1) is 15.9. The lowest BCUT2D eigenvalue weighted by atomic mass is 10.3. The smallest absolute Gasteiger partial charge is 0.265 e. The Kier molecular flexibility index (Phi) is 4.94. The lowest BCUT2D eigenvalue weighted by molar-refractivity contribution is 0.386. The Hall–Kier alpha value is -1.48. The molecule has 0 saturated heterocycles. The molecule has 0 radical (unpaired) electrons. The number of rotatable bonds is 5. The fourth-order valence-corrected chi connectivity index (χ4v) is 3.68. The summed E-state index contributed by atoms with van der Waals surface area (Å²) < 4.78 is 38.6. The maximum Gasteiger partial charge on any atom is 0.265 e. The van der Waals surface area contributed by atoms with Crippen LogP contribution in [0.25, 0.3) is 0 Å². The average Bonchev–Trinajstić information content (AvgIpc) is 2.48. The van der Waals surface area contributed by atoms with Crippen LogP contribution in [0.5, 0.6) is 11.5 Å². The fraction of sp³-hybridized carbons (Fsp3) is 0.143. The molecule has 0 spiro atoms. The highest BCUT2D eigenvalue weighted by atomic mass is 127. The summed E-state index contributed by atoms with van der Waals surface area (Å²) in [4.78, 5) is 0.0606. The number of anilines is 1. The zero-order valence-corrected chi connectivity index (χ0v) is 14.4. The van der Waals surface area contributed by atoms with E-state index in [1.807, 2.05) is 12.1 Å². The Morgan fingerprint density at radius 2 is 1.76 bits per heavy atom. The molecule has 0 bridgehead atoms. The first-order valence-electron chi connectivity index (χ1n) is 5.97. The molecule has 5 nitrogen and oxygen atoms in total. The normalized spacial score (nSPS) is 11.0. The SMILES string of the molecule is COc1ccc(S(=O)(=O)Nc2ccccc2I)c(OC)c1. The van der Waals surface area contributed by atoms with Crippen molar-refractivity contribution in [3.8, 4) is 11.5 Å². The summed E-state index contributed by atoms with van der Waals surface area (Å²) in [6, 6.07) is 11.7. The Balaban J connectivity index is 2.42. The Morgan fingerprint density at radius 3 is 2.38 bits per heavy atom. The van der Waals surface area contributed by atoms with Crippen LogP contribution < -0.4 is 14.2 Å². The third-order valence-electron chi connectivity index (χ3n) is 2.78. The summed E-state index contributed by atoms with van der Waals surface area (Å²) in [5, 5.41) is 0. The van der Waals surface area contributed by atoms with Crippen LogP contribution in [0.15, 0.2) is 47.4 Å². The summed E-state index contributed by atoms with van der Waals surface area (Å²) in [5.74, 6) is 0.757. The first-order chi connectivity index (χ1) is 9.97. The number of benzene rings is 2. The molecule has 0 fully saturated rings. The predicted molar refractivity (Wildman–Crippen MR) is 89.5 cm³/mol. The lowest BCUT2D eigenvalue weighted by Crippen LogP contribution is -2.14. The van der Waals surface area contributed by atoms with Crippen LogP contribution in [0.2, 0.25) is 0 Å². The molecule has 2 aromatic carbocycles. The van der Waals surface area contributed by atoms with Crippen LogP contribution in [0.1, 0.15) is 0 Å². The summed E-state index contributed by atoms with van der Waals surface area (Å²) in [7, 11) is -0.815. The monoisotopic (exact) mass is 419 g/mol. The zero-order chi connectivity index (χ0) is 15.5. The molecule has 0 unspecified atom stereocenters. The predicted octanol–water partition coefficient (Wildman–Crippen LogP) is 3.11.